The lowest BCUT2D eigenvalue weighted by Crippen LogP contribution is -2.23. The van der Waals surface area contributed by atoms with Crippen molar-refractivity contribution in [3.63, 3.8) is 0 Å². The average Bonchev–Trinajstić information content (AvgIpc) is 2.28. The Balaban J connectivity index is 1.90. The summed E-state index contributed by atoms with van der Waals surface area (Å²) >= 11 is 0. The van der Waals surface area contributed by atoms with E-state index in [0.717, 1.165) is 24.4 Å². The highest BCUT2D eigenvalue weighted by Crippen LogP contribution is 2.36. The Morgan fingerprint density at radius 2 is 2.00 bits per heavy atom. The normalized spacial score (nSPS) is 15.6. The summed E-state index contributed by atoms with van der Waals surface area (Å²) in [5.41, 5.74) is 2.23. The first kappa shape index (κ1) is 12.3. The number of ketones is 1. The maximum Gasteiger partial charge on any atom is 0.176 e. The minimum absolute atomic E-state index is 0.193. The standard InChI is InChI=1S/C15H21NO/c1-2-10-16-11-15(17)14-8-6-13(7-9-14)12-4-3-5-12/h6-9,12,16H,2-5,10-11H2,1H3. The fourth-order valence-electron chi connectivity index (χ4n) is 2.16. The molecule has 0 aliphatic heterocycles. The van der Waals surface area contributed by atoms with E-state index in [0.29, 0.717) is 6.54 Å². The molecule has 0 bridgehead atoms. The number of Topliss-reactive ketones (excluding diaryl/α,β-unsaturated/α-hetero) is 1. The summed E-state index contributed by atoms with van der Waals surface area (Å²) in [6.07, 6.45) is 5.04. The lowest BCUT2D eigenvalue weighted by Gasteiger charge is -2.25. The van der Waals surface area contributed by atoms with E-state index in [1.165, 1.54) is 24.8 Å². The molecular weight excluding hydrogens is 210 g/mol. The fraction of sp³-hybridized carbons (Fsp3) is 0.533. The van der Waals surface area contributed by atoms with Crippen LogP contribution in [-0.4, -0.2) is 18.9 Å². The van der Waals surface area contributed by atoms with Crippen LogP contribution in [0, 0.1) is 0 Å². The van der Waals surface area contributed by atoms with Gasteiger partial charge in [-0.3, -0.25) is 4.79 Å². The van der Waals surface area contributed by atoms with Crippen LogP contribution in [0.2, 0.25) is 0 Å². The largest absolute Gasteiger partial charge is 0.310 e. The first-order valence-corrected chi connectivity index (χ1v) is 6.65. The highest BCUT2D eigenvalue weighted by Gasteiger charge is 2.19. The summed E-state index contributed by atoms with van der Waals surface area (Å²) in [4.78, 5) is 11.8. The van der Waals surface area contributed by atoms with Crippen molar-refractivity contribution in [2.45, 2.75) is 38.5 Å². The third-order valence-electron chi connectivity index (χ3n) is 3.52. The molecule has 17 heavy (non-hydrogen) atoms. The van der Waals surface area contributed by atoms with E-state index in [2.05, 4.69) is 24.4 Å². The number of carbonyl (C=O) groups is 1. The molecule has 1 aromatic rings. The van der Waals surface area contributed by atoms with Crippen LogP contribution in [0.15, 0.2) is 24.3 Å². The van der Waals surface area contributed by atoms with Crippen molar-refractivity contribution in [2.24, 2.45) is 0 Å². The van der Waals surface area contributed by atoms with Gasteiger partial charge in [-0.25, -0.2) is 0 Å². The van der Waals surface area contributed by atoms with Gasteiger partial charge in [-0.1, -0.05) is 37.6 Å². The summed E-state index contributed by atoms with van der Waals surface area (Å²) in [5.74, 6) is 0.941. The molecule has 0 spiro atoms. The second-order valence-electron chi connectivity index (χ2n) is 4.85. The van der Waals surface area contributed by atoms with Gasteiger partial charge in [0.05, 0.1) is 6.54 Å². The Kier molecular flexibility index (Phi) is 4.32. The van der Waals surface area contributed by atoms with E-state index in [-0.39, 0.29) is 5.78 Å². The van der Waals surface area contributed by atoms with Gasteiger partial charge in [-0.05, 0) is 37.3 Å². The molecule has 1 aliphatic rings. The first-order chi connectivity index (χ1) is 8.31. The van der Waals surface area contributed by atoms with E-state index in [9.17, 15) is 4.79 Å². The Labute approximate surface area is 103 Å². The summed E-state index contributed by atoms with van der Waals surface area (Å²) in [6, 6.07) is 8.20. The highest BCUT2D eigenvalue weighted by molar-refractivity contribution is 5.97. The van der Waals surface area contributed by atoms with E-state index in [1.54, 1.807) is 0 Å². The van der Waals surface area contributed by atoms with E-state index in [4.69, 9.17) is 0 Å². The Morgan fingerprint density at radius 3 is 2.53 bits per heavy atom. The monoisotopic (exact) mass is 231 g/mol. The topological polar surface area (TPSA) is 29.1 Å². The van der Waals surface area contributed by atoms with Crippen LogP contribution < -0.4 is 5.32 Å². The smallest absolute Gasteiger partial charge is 0.176 e. The zero-order valence-corrected chi connectivity index (χ0v) is 10.5. The van der Waals surface area contributed by atoms with Crippen LogP contribution in [0.1, 0.15) is 54.4 Å². The molecule has 1 saturated carbocycles. The number of benzene rings is 1. The first-order valence-electron chi connectivity index (χ1n) is 6.65. The van der Waals surface area contributed by atoms with Gasteiger partial charge >= 0.3 is 0 Å². The average molecular weight is 231 g/mol. The number of hydrogen-bond donors (Lipinski definition) is 1. The van der Waals surface area contributed by atoms with Gasteiger partial charge in [0.1, 0.15) is 0 Å². The van der Waals surface area contributed by atoms with Crippen molar-refractivity contribution in [1.29, 1.82) is 0 Å². The molecule has 1 N–H and O–H groups in total. The molecule has 0 heterocycles. The Bertz CT molecular complexity index is 365. The second kappa shape index (κ2) is 5.97. The maximum absolute atomic E-state index is 11.8. The van der Waals surface area contributed by atoms with Crippen molar-refractivity contribution in [3.8, 4) is 0 Å². The van der Waals surface area contributed by atoms with Gasteiger partial charge in [-0.2, -0.15) is 0 Å². The number of rotatable bonds is 6. The van der Waals surface area contributed by atoms with E-state index >= 15 is 0 Å². The molecule has 0 radical (unpaired) electrons. The third-order valence-corrected chi connectivity index (χ3v) is 3.52. The summed E-state index contributed by atoms with van der Waals surface area (Å²) in [5, 5.41) is 3.14. The zero-order chi connectivity index (χ0) is 12.1. The Morgan fingerprint density at radius 1 is 1.29 bits per heavy atom. The molecule has 0 atom stereocenters. The summed E-state index contributed by atoms with van der Waals surface area (Å²) in [6.45, 7) is 3.47. The molecule has 92 valence electrons. The highest BCUT2D eigenvalue weighted by atomic mass is 16.1. The predicted octanol–water partition coefficient (Wildman–Crippen LogP) is 3.14. The molecule has 2 rings (SSSR count). The van der Waals surface area contributed by atoms with Crippen LogP contribution in [0.4, 0.5) is 0 Å². The molecule has 1 fully saturated rings. The molecule has 2 nitrogen and oxygen atoms in total. The van der Waals surface area contributed by atoms with Gasteiger partial charge in [0.15, 0.2) is 5.78 Å². The SMILES string of the molecule is CCCNCC(=O)c1ccc(C2CCC2)cc1. The van der Waals surface area contributed by atoms with Gasteiger partial charge in [-0.15, -0.1) is 0 Å². The van der Waals surface area contributed by atoms with Crippen molar-refractivity contribution in [2.75, 3.05) is 13.1 Å². The van der Waals surface area contributed by atoms with E-state index in [1.807, 2.05) is 12.1 Å². The van der Waals surface area contributed by atoms with Gasteiger partial charge in [0.2, 0.25) is 0 Å². The van der Waals surface area contributed by atoms with Gasteiger partial charge < -0.3 is 5.32 Å². The predicted molar refractivity (Wildman–Crippen MR) is 70.5 cm³/mol. The molecule has 0 saturated heterocycles. The van der Waals surface area contributed by atoms with Crippen LogP contribution in [0.25, 0.3) is 0 Å². The van der Waals surface area contributed by atoms with Crippen molar-refractivity contribution >= 4 is 5.78 Å². The molecule has 2 heteroatoms. The Hall–Kier alpha value is -1.15. The van der Waals surface area contributed by atoms with E-state index < -0.39 is 0 Å². The zero-order valence-electron chi connectivity index (χ0n) is 10.5. The van der Waals surface area contributed by atoms with Gasteiger partial charge in [0.25, 0.3) is 0 Å². The quantitative estimate of drug-likeness (QED) is 0.602. The van der Waals surface area contributed by atoms with Gasteiger partial charge in [0, 0.05) is 5.56 Å². The van der Waals surface area contributed by atoms with Crippen molar-refractivity contribution < 1.29 is 4.79 Å². The minimum atomic E-state index is 0.193. The van der Waals surface area contributed by atoms with Crippen LogP contribution >= 0.6 is 0 Å². The summed E-state index contributed by atoms with van der Waals surface area (Å²) in [7, 11) is 0. The lowest BCUT2D eigenvalue weighted by molar-refractivity contribution is 0.0991. The van der Waals surface area contributed by atoms with Crippen LogP contribution in [0.5, 0.6) is 0 Å². The molecular formula is C15H21NO. The fourth-order valence-corrected chi connectivity index (χ4v) is 2.16. The molecule has 1 aliphatic carbocycles. The number of nitrogens with one attached hydrogen (secondary N) is 1. The number of hydrogen-bond acceptors (Lipinski definition) is 2. The molecule has 1 aromatic carbocycles. The van der Waals surface area contributed by atoms with Crippen molar-refractivity contribution in [1.82, 2.24) is 5.32 Å². The molecule has 0 amide bonds. The van der Waals surface area contributed by atoms with Crippen LogP contribution in [0.3, 0.4) is 0 Å². The van der Waals surface area contributed by atoms with Crippen LogP contribution in [-0.2, 0) is 0 Å². The van der Waals surface area contributed by atoms with Crippen molar-refractivity contribution in [3.05, 3.63) is 35.4 Å². The minimum Gasteiger partial charge on any atom is -0.310 e. The third kappa shape index (κ3) is 3.16. The molecule has 0 aromatic heterocycles. The summed E-state index contributed by atoms with van der Waals surface area (Å²) < 4.78 is 0. The maximum atomic E-state index is 11.8. The second-order valence-corrected chi connectivity index (χ2v) is 4.85. The lowest BCUT2D eigenvalue weighted by atomic mass is 9.80. The molecule has 0 unspecified atom stereocenters. The number of carbonyl (C=O) groups excluding carboxylic acids is 1.